The van der Waals surface area contributed by atoms with Gasteiger partial charge in [0.05, 0.1) is 23.0 Å². The second-order valence-corrected chi connectivity index (χ2v) is 10.3. The summed E-state index contributed by atoms with van der Waals surface area (Å²) < 4.78 is 13.5. The van der Waals surface area contributed by atoms with Crippen LogP contribution in [0.25, 0.3) is 0 Å². The van der Waals surface area contributed by atoms with Crippen molar-refractivity contribution in [2.75, 3.05) is 5.01 Å². The van der Waals surface area contributed by atoms with E-state index in [1.54, 1.807) is 12.1 Å². The zero-order valence-electron chi connectivity index (χ0n) is 21.4. The highest BCUT2D eigenvalue weighted by Gasteiger charge is 2.39. The molecular weight excluding hydrogens is 495 g/mol. The lowest BCUT2D eigenvalue weighted by Crippen LogP contribution is -2.32. The Hall–Kier alpha value is -4.59. The molecule has 6 rings (SSSR count). The van der Waals surface area contributed by atoms with Gasteiger partial charge in [0.25, 0.3) is 11.5 Å². The molecule has 0 spiro atoms. The molecule has 7 nitrogen and oxygen atoms in total. The molecule has 0 bridgehead atoms. The van der Waals surface area contributed by atoms with Crippen molar-refractivity contribution in [3.05, 3.63) is 129 Å². The number of hydrazine groups is 1. The number of carbonyl (C=O) groups excluding carboxylic acids is 1. The van der Waals surface area contributed by atoms with Crippen LogP contribution in [0.1, 0.15) is 48.1 Å². The summed E-state index contributed by atoms with van der Waals surface area (Å²) in [5.74, 6) is -0.583. The third-order valence-electron chi connectivity index (χ3n) is 7.91. The summed E-state index contributed by atoms with van der Waals surface area (Å²) in [6.45, 7) is 2.22. The minimum Gasteiger partial charge on any atom is -0.494 e. The largest absolute Gasteiger partial charge is 0.494 e. The normalized spacial score (nSPS) is 20.5. The average Bonchev–Trinajstić information content (AvgIpc) is 3.53. The summed E-state index contributed by atoms with van der Waals surface area (Å²) in [6, 6.07) is 18.5. The van der Waals surface area contributed by atoms with Gasteiger partial charge in [-0.15, -0.1) is 0 Å². The van der Waals surface area contributed by atoms with Gasteiger partial charge in [0.1, 0.15) is 5.82 Å². The number of nitrogens with one attached hydrogen (secondary N) is 3. The van der Waals surface area contributed by atoms with Crippen molar-refractivity contribution in [1.29, 1.82) is 0 Å². The highest BCUT2D eigenvalue weighted by Crippen LogP contribution is 2.49. The lowest BCUT2D eigenvalue weighted by Gasteiger charge is -2.31. The zero-order valence-corrected chi connectivity index (χ0v) is 21.4. The lowest BCUT2D eigenvalue weighted by molar-refractivity contribution is 0.0931. The Kier molecular flexibility index (Phi) is 6.30. The first-order valence-electron chi connectivity index (χ1n) is 13.1. The first-order chi connectivity index (χ1) is 18.9. The Labute approximate surface area is 225 Å². The number of anilines is 1. The molecular formula is C31H29FN4O3. The Morgan fingerprint density at radius 2 is 1.92 bits per heavy atom. The molecule has 3 aromatic rings. The van der Waals surface area contributed by atoms with E-state index in [-0.39, 0.29) is 35.1 Å². The van der Waals surface area contributed by atoms with Crippen molar-refractivity contribution < 1.29 is 14.3 Å². The van der Waals surface area contributed by atoms with E-state index in [0.717, 1.165) is 29.8 Å². The molecule has 0 fully saturated rings. The average molecular weight is 525 g/mol. The molecule has 3 atom stereocenters. The van der Waals surface area contributed by atoms with Crippen molar-refractivity contribution in [2.45, 2.75) is 32.2 Å². The van der Waals surface area contributed by atoms with Crippen LogP contribution in [0.3, 0.4) is 0 Å². The molecule has 2 aromatic carbocycles. The predicted octanol–water partition coefficient (Wildman–Crippen LogP) is 5.23. The van der Waals surface area contributed by atoms with Gasteiger partial charge in [0.2, 0.25) is 0 Å². The van der Waals surface area contributed by atoms with Crippen molar-refractivity contribution in [3.63, 3.8) is 0 Å². The molecule has 198 valence electrons. The van der Waals surface area contributed by atoms with E-state index in [9.17, 15) is 19.1 Å². The Morgan fingerprint density at radius 3 is 2.67 bits per heavy atom. The molecule has 2 aliphatic carbocycles. The van der Waals surface area contributed by atoms with Crippen molar-refractivity contribution in [1.82, 2.24) is 15.7 Å². The summed E-state index contributed by atoms with van der Waals surface area (Å²) in [4.78, 5) is 27.2. The molecule has 3 aliphatic rings. The van der Waals surface area contributed by atoms with Crippen LogP contribution in [0.5, 0.6) is 5.88 Å². The minimum absolute atomic E-state index is 0.116. The van der Waals surface area contributed by atoms with Gasteiger partial charge >= 0.3 is 0 Å². The number of benzene rings is 2. The van der Waals surface area contributed by atoms with Gasteiger partial charge in [-0.05, 0) is 66.7 Å². The number of aromatic amines is 1. The quantitative estimate of drug-likeness (QED) is 0.354. The summed E-state index contributed by atoms with van der Waals surface area (Å²) in [5, 5.41) is 14.9. The van der Waals surface area contributed by atoms with E-state index in [1.165, 1.54) is 41.0 Å². The first kappa shape index (κ1) is 24.7. The van der Waals surface area contributed by atoms with Crippen molar-refractivity contribution in [2.24, 2.45) is 11.8 Å². The van der Waals surface area contributed by atoms with Crippen molar-refractivity contribution in [3.8, 4) is 5.88 Å². The fraction of sp³-hybridized carbons (Fsp3) is 0.226. The van der Waals surface area contributed by atoms with Crippen LogP contribution in [-0.2, 0) is 0 Å². The summed E-state index contributed by atoms with van der Waals surface area (Å²) in [6.07, 6.45) is 6.88. The number of amides is 1. The molecule has 0 saturated heterocycles. The number of aromatic hydroxyl groups is 1. The summed E-state index contributed by atoms with van der Waals surface area (Å²) >= 11 is 0. The Bertz CT molecular complexity index is 1570. The number of halogens is 1. The van der Waals surface area contributed by atoms with Gasteiger partial charge < -0.3 is 15.8 Å². The number of nitrogens with zero attached hydrogens (tertiary/aromatic N) is 1. The number of hydrogen-bond acceptors (Lipinski definition) is 5. The molecule has 1 aromatic heterocycles. The number of aromatic nitrogens is 1. The predicted molar refractivity (Wildman–Crippen MR) is 147 cm³/mol. The van der Waals surface area contributed by atoms with Crippen LogP contribution in [0.2, 0.25) is 0 Å². The molecule has 2 heterocycles. The molecule has 1 aliphatic heterocycles. The van der Waals surface area contributed by atoms with E-state index >= 15 is 0 Å². The highest BCUT2D eigenvalue weighted by atomic mass is 19.1. The SMILES string of the molecule is C[C@H]1C2=CNN(c3ccc(F)cc3)C2=CC2=C1[C@@H](CC(NC(=O)c1cc(O)[nH]c(=O)c1)c1ccccc1)CC2. The number of H-pyrrole nitrogens is 1. The third-order valence-corrected chi connectivity index (χ3v) is 7.91. The first-order valence-corrected chi connectivity index (χ1v) is 13.1. The number of fused-ring (bicyclic) bond motifs is 1. The van der Waals surface area contributed by atoms with E-state index in [2.05, 4.69) is 28.7 Å². The van der Waals surface area contributed by atoms with Gasteiger partial charge in [0, 0.05) is 29.8 Å². The van der Waals surface area contributed by atoms with E-state index in [0.29, 0.717) is 6.42 Å². The van der Waals surface area contributed by atoms with Crippen LogP contribution in [0, 0.1) is 17.7 Å². The molecule has 1 unspecified atom stereocenters. The number of pyridine rings is 1. The summed E-state index contributed by atoms with van der Waals surface area (Å²) in [7, 11) is 0. The second-order valence-electron chi connectivity index (χ2n) is 10.3. The van der Waals surface area contributed by atoms with Crippen LogP contribution in [0.15, 0.2) is 106 Å². The molecule has 39 heavy (non-hydrogen) atoms. The lowest BCUT2D eigenvalue weighted by atomic mass is 9.78. The van der Waals surface area contributed by atoms with Gasteiger partial charge in [-0.25, -0.2) is 4.39 Å². The smallest absolute Gasteiger partial charge is 0.252 e. The summed E-state index contributed by atoms with van der Waals surface area (Å²) in [5.41, 5.74) is 9.74. The number of hydrogen-bond donors (Lipinski definition) is 4. The fourth-order valence-electron chi connectivity index (χ4n) is 6.11. The van der Waals surface area contributed by atoms with Gasteiger partial charge in [-0.1, -0.05) is 42.8 Å². The Morgan fingerprint density at radius 1 is 1.15 bits per heavy atom. The monoisotopic (exact) mass is 524 g/mol. The van der Waals surface area contributed by atoms with Crippen LogP contribution >= 0.6 is 0 Å². The highest BCUT2D eigenvalue weighted by molar-refractivity contribution is 5.94. The zero-order chi connectivity index (χ0) is 27.1. The van der Waals surface area contributed by atoms with Crippen LogP contribution < -0.4 is 21.3 Å². The van der Waals surface area contributed by atoms with Crippen LogP contribution in [-0.4, -0.2) is 16.0 Å². The number of rotatable bonds is 6. The maximum atomic E-state index is 13.5. The molecule has 0 radical (unpaired) electrons. The van der Waals surface area contributed by atoms with Crippen LogP contribution in [0.4, 0.5) is 10.1 Å². The fourth-order valence-corrected chi connectivity index (χ4v) is 6.11. The van der Waals surface area contributed by atoms with Gasteiger partial charge in [-0.3, -0.25) is 19.6 Å². The molecule has 4 N–H and O–H groups in total. The maximum absolute atomic E-state index is 13.5. The number of allylic oxidation sites excluding steroid dienone is 4. The standard InChI is InChI=1S/C31H29FN4O3/c1-18-25-17-33-36(24-11-9-23(32)10-12-24)27(25)14-21-8-7-20(30(18)21)13-26(19-5-3-2-4-6-19)34-31(39)22-15-28(37)35-29(38)16-22/h2-6,9-12,14-18,20,26,33H,7-8,13H2,1H3,(H,34,39)(H2,35,37,38)/t18-,20+,26?/m0/s1. The topological polar surface area (TPSA) is 97.5 Å². The van der Waals surface area contributed by atoms with E-state index in [1.807, 2.05) is 41.5 Å². The molecule has 8 heteroatoms. The number of carbonyl (C=O) groups is 1. The van der Waals surface area contributed by atoms with Crippen molar-refractivity contribution >= 4 is 11.6 Å². The molecule has 1 amide bonds. The third kappa shape index (κ3) is 4.74. The Balaban J connectivity index is 1.28. The minimum atomic E-state index is -0.534. The molecule has 0 saturated carbocycles. The van der Waals surface area contributed by atoms with E-state index in [4.69, 9.17) is 0 Å². The maximum Gasteiger partial charge on any atom is 0.252 e. The second kappa shape index (κ2) is 9.94. The van der Waals surface area contributed by atoms with Gasteiger partial charge in [-0.2, -0.15) is 0 Å². The van der Waals surface area contributed by atoms with E-state index < -0.39 is 11.5 Å². The van der Waals surface area contributed by atoms with Gasteiger partial charge in [0.15, 0.2) is 5.88 Å².